The minimum Gasteiger partial charge on any atom is -0.382 e. The highest BCUT2D eigenvalue weighted by Gasteiger charge is 2.45. The number of carbonyl (C=O) groups excluding carboxylic acids is 1. The second-order valence-corrected chi connectivity index (χ2v) is 8.40. The summed E-state index contributed by atoms with van der Waals surface area (Å²) in [6, 6.07) is 16.4. The predicted octanol–water partition coefficient (Wildman–Crippen LogP) is 4.63. The van der Waals surface area contributed by atoms with Gasteiger partial charge in [-0.2, -0.15) is 0 Å². The maximum atomic E-state index is 12.2. The van der Waals surface area contributed by atoms with Crippen molar-refractivity contribution in [2.24, 2.45) is 0 Å². The first-order valence-corrected chi connectivity index (χ1v) is 8.53. The number of rotatable bonds is 3. The average Bonchev–Trinajstić information content (AvgIpc) is 2.74. The second kappa shape index (κ2) is 5.29. The van der Waals surface area contributed by atoms with Gasteiger partial charge in [0.1, 0.15) is 5.60 Å². The lowest BCUT2D eigenvalue weighted by atomic mass is 9.75. The van der Waals surface area contributed by atoms with Crippen LogP contribution in [-0.4, -0.2) is 16.5 Å². The van der Waals surface area contributed by atoms with Crippen LogP contribution in [0.2, 0.25) is 0 Å². The van der Waals surface area contributed by atoms with Crippen molar-refractivity contribution in [1.29, 1.82) is 0 Å². The van der Waals surface area contributed by atoms with Gasteiger partial charge in [-0.3, -0.25) is 4.79 Å². The Labute approximate surface area is 144 Å². The molecule has 126 valence electrons. The number of hydrogen-bond donors (Lipinski definition) is 1. The van der Waals surface area contributed by atoms with Gasteiger partial charge in [0.05, 0.1) is 0 Å². The van der Waals surface area contributed by atoms with Gasteiger partial charge in [-0.15, -0.1) is 0 Å². The van der Waals surface area contributed by atoms with Gasteiger partial charge in [0, 0.05) is 11.0 Å². The molecule has 24 heavy (non-hydrogen) atoms. The number of Topliss-reactive ketones (excluding diaryl/α,β-unsaturated/α-hetero) is 1. The summed E-state index contributed by atoms with van der Waals surface area (Å²) in [5, 5.41) is 9.92. The lowest BCUT2D eigenvalue weighted by Gasteiger charge is -2.28. The number of benzene rings is 2. The van der Waals surface area contributed by atoms with E-state index in [-0.39, 0.29) is 16.6 Å². The molecule has 0 fully saturated rings. The van der Waals surface area contributed by atoms with Crippen molar-refractivity contribution < 1.29 is 9.90 Å². The van der Waals surface area contributed by atoms with Crippen LogP contribution in [0.1, 0.15) is 68.1 Å². The van der Waals surface area contributed by atoms with Crippen LogP contribution in [0, 0.1) is 0 Å². The molecule has 1 N–H and O–H groups in total. The zero-order chi connectivity index (χ0) is 17.8. The third-order valence-corrected chi connectivity index (χ3v) is 5.39. The van der Waals surface area contributed by atoms with Crippen molar-refractivity contribution in [3.05, 3.63) is 70.8 Å². The molecule has 2 heteroatoms. The molecule has 1 atom stereocenters. The Morgan fingerprint density at radius 1 is 0.958 bits per heavy atom. The number of ketones is 1. The largest absolute Gasteiger partial charge is 0.382 e. The Morgan fingerprint density at radius 3 is 2.04 bits per heavy atom. The van der Waals surface area contributed by atoms with E-state index in [0.717, 1.165) is 6.42 Å². The monoisotopic (exact) mass is 322 g/mol. The van der Waals surface area contributed by atoms with Crippen LogP contribution in [0.4, 0.5) is 0 Å². The van der Waals surface area contributed by atoms with E-state index in [2.05, 4.69) is 45.0 Å². The molecule has 2 aromatic carbocycles. The molecule has 1 aliphatic rings. The van der Waals surface area contributed by atoms with Crippen molar-refractivity contribution >= 4 is 5.78 Å². The molecule has 2 aromatic rings. The van der Waals surface area contributed by atoms with Crippen LogP contribution in [-0.2, 0) is 10.8 Å². The van der Waals surface area contributed by atoms with E-state index < -0.39 is 5.60 Å². The molecule has 1 aliphatic carbocycles. The van der Waals surface area contributed by atoms with Crippen molar-refractivity contribution in [1.82, 2.24) is 0 Å². The summed E-state index contributed by atoms with van der Waals surface area (Å²) in [6.45, 7) is 9.93. The van der Waals surface area contributed by atoms with Crippen LogP contribution in [0.25, 0.3) is 0 Å². The summed E-state index contributed by atoms with van der Waals surface area (Å²) in [7, 11) is 0. The third-order valence-electron chi connectivity index (χ3n) is 5.39. The molecular weight excluding hydrogens is 296 g/mol. The molecule has 0 aromatic heterocycles. The molecule has 0 radical (unpaired) electrons. The van der Waals surface area contributed by atoms with Gasteiger partial charge in [0.15, 0.2) is 5.78 Å². The Hall–Kier alpha value is -1.93. The summed E-state index contributed by atoms with van der Waals surface area (Å²) in [5.74, 6) is -0.244. The molecule has 3 rings (SSSR count). The first-order chi connectivity index (χ1) is 11.1. The van der Waals surface area contributed by atoms with E-state index in [1.807, 2.05) is 24.3 Å². The third kappa shape index (κ3) is 2.59. The van der Waals surface area contributed by atoms with E-state index in [1.54, 1.807) is 0 Å². The molecule has 0 saturated heterocycles. The van der Waals surface area contributed by atoms with Crippen molar-refractivity contribution in [2.45, 2.75) is 57.5 Å². The SMILES string of the molecule is CC(C)(O)C(=O)c1ccc(C2(C)CC(C)(C)c3ccccc32)cc1. The van der Waals surface area contributed by atoms with Crippen LogP contribution in [0.5, 0.6) is 0 Å². The van der Waals surface area contributed by atoms with Crippen molar-refractivity contribution in [3.8, 4) is 0 Å². The normalized spacial score (nSPS) is 22.2. The smallest absolute Gasteiger partial charge is 0.193 e. The van der Waals surface area contributed by atoms with E-state index >= 15 is 0 Å². The number of hydrogen-bond acceptors (Lipinski definition) is 2. The first-order valence-electron chi connectivity index (χ1n) is 8.53. The second-order valence-electron chi connectivity index (χ2n) is 8.40. The molecule has 2 nitrogen and oxygen atoms in total. The highest BCUT2D eigenvalue weighted by molar-refractivity contribution is 6.01. The summed E-state index contributed by atoms with van der Waals surface area (Å²) in [6.07, 6.45) is 1.04. The fraction of sp³-hybridized carbons (Fsp3) is 0.409. The lowest BCUT2D eigenvalue weighted by Crippen LogP contribution is -2.31. The van der Waals surface area contributed by atoms with Crippen LogP contribution in [0.3, 0.4) is 0 Å². The van der Waals surface area contributed by atoms with Crippen molar-refractivity contribution in [3.63, 3.8) is 0 Å². The van der Waals surface area contributed by atoms with Gasteiger partial charge >= 0.3 is 0 Å². The summed E-state index contributed by atoms with van der Waals surface area (Å²) in [5.41, 5.74) is 3.28. The topological polar surface area (TPSA) is 37.3 Å². The van der Waals surface area contributed by atoms with Crippen LogP contribution in [0.15, 0.2) is 48.5 Å². The Balaban J connectivity index is 2.03. The van der Waals surface area contributed by atoms with Gasteiger partial charge in [-0.1, -0.05) is 69.3 Å². The zero-order valence-corrected chi connectivity index (χ0v) is 15.2. The first kappa shape index (κ1) is 16.9. The molecule has 0 saturated carbocycles. The highest BCUT2D eigenvalue weighted by atomic mass is 16.3. The molecule has 0 aliphatic heterocycles. The highest BCUT2D eigenvalue weighted by Crippen LogP contribution is 2.52. The number of carbonyl (C=O) groups is 1. The molecular formula is C22H26O2. The fourth-order valence-corrected chi connectivity index (χ4v) is 4.23. The van der Waals surface area contributed by atoms with Crippen LogP contribution < -0.4 is 0 Å². The van der Waals surface area contributed by atoms with Crippen LogP contribution >= 0.6 is 0 Å². The standard InChI is InChI=1S/C22H26O2/c1-20(2)14-22(5,18-9-7-6-8-17(18)20)16-12-10-15(11-13-16)19(23)21(3,4)24/h6-13,24H,14H2,1-5H3. The van der Waals surface area contributed by atoms with Gasteiger partial charge < -0.3 is 5.11 Å². The van der Waals surface area contributed by atoms with Gasteiger partial charge in [-0.05, 0) is 42.4 Å². The van der Waals surface area contributed by atoms with E-state index in [0.29, 0.717) is 5.56 Å². The molecule has 0 bridgehead atoms. The minimum atomic E-state index is -1.34. The predicted molar refractivity (Wildman–Crippen MR) is 97.6 cm³/mol. The fourth-order valence-electron chi connectivity index (χ4n) is 4.23. The van der Waals surface area contributed by atoms with E-state index in [4.69, 9.17) is 0 Å². The number of aliphatic hydroxyl groups is 1. The molecule has 1 unspecified atom stereocenters. The zero-order valence-electron chi connectivity index (χ0n) is 15.2. The lowest BCUT2D eigenvalue weighted by molar-refractivity contribution is 0.0488. The Kier molecular flexibility index (Phi) is 3.72. The summed E-state index contributed by atoms with van der Waals surface area (Å²) >= 11 is 0. The van der Waals surface area contributed by atoms with E-state index in [1.165, 1.54) is 30.5 Å². The molecule has 0 amide bonds. The molecule has 0 spiro atoms. The maximum Gasteiger partial charge on any atom is 0.193 e. The van der Waals surface area contributed by atoms with Gasteiger partial charge in [-0.25, -0.2) is 0 Å². The summed E-state index contributed by atoms with van der Waals surface area (Å²) in [4.78, 5) is 12.2. The van der Waals surface area contributed by atoms with Gasteiger partial charge in [0.25, 0.3) is 0 Å². The van der Waals surface area contributed by atoms with Gasteiger partial charge in [0.2, 0.25) is 0 Å². The minimum absolute atomic E-state index is 0.0591. The Bertz CT molecular complexity index is 778. The quantitative estimate of drug-likeness (QED) is 0.837. The maximum absolute atomic E-state index is 12.2. The van der Waals surface area contributed by atoms with Crippen molar-refractivity contribution in [2.75, 3.05) is 0 Å². The van der Waals surface area contributed by atoms with E-state index in [9.17, 15) is 9.90 Å². The summed E-state index contributed by atoms with van der Waals surface area (Å²) < 4.78 is 0. The average molecular weight is 322 g/mol. The Morgan fingerprint density at radius 2 is 1.50 bits per heavy atom. The number of fused-ring (bicyclic) bond motifs is 1. The molecule has 0 heterocycles.